The Bertz CT molecular complexity index is 945. The summed E-state index contributed by atoms with van der Waals surface area (Å²) in [5.74, 6) is 1.10. The highest BCUT2D eigenvalue weighted by molar-refractivity contribution is 5.81. The molecule has 5 heteroatoms. The summed E-state index contributed by atoms with van der Waals surface area (Å²) >= 11 is 0. The predicted octanol–water partition coefficient (Wildman–Crippen LogP) is 4.08. The Morgan fingerprint density at radius 2 is 1.70 bits per heavy atom. The largest absolute Gasteiger partial charge is 0.361 e. The zero-order valence-corrected chi connectivity index (χ0v) is 17.9. The molecular formula is C25H29N3O2. The normalized spacial score (nSPS) is 15.1. The highest BCUT2D eigenvalue weighted by atomic mass is 16.5. The molecule has 0 fully saturated rings. The Hall–Kier alpha value is -2.92. The zero-order chi connectivity index (χ0) is 21.1. The summed E-state index contributed by atoms with van der Waals surface area (Å²) < 4.78 is 5.80. The van der Waals surface area contributed by atoms with Gasteiger partial charge in [0.25, 0.3) is 0 Å². The van der Waals surface area contributed by atoms with Crippen molar-refractivity contribution < 1.29 is 9.32 Å². The summed E-state index contributed by atoms with van der Waals surface area (Å²) in [5, 5.41) is 4.54. The minimum Gasteiger partial charge on any atom is -0.361 e. The van der Waals surface area contributed by atoms with Gasteiger partial charge in [0.05, 0.1) is 12.0 Å². The number of benzene rings is 2. The van der Waals surface area contributed by atoms with Gasteiger partial charge in [0.15, 0.2) is 0 Å². The summed E-state index contributed by atoms with van der Waals surface area (Å²) in [4.78, 5) is 16.8. The second kappa shape index (κ2) is 8.84. The highest BCUT2D eigenvalue weighted by Gasteiger charge is 2.33. The summed E-state index contributed by atoms with van der Waals surface area (Å²) in [6, 6.07) is 20.7. The van der Waals surface area contributed by atoms with Crippen molar-refractivity contribution in [3.63, 3.8) is 0 Å². The SMILES string of the molecule is CCN(C)C(=O)C(C)N1CCc2onc(C(c3ccccc3)c3ccccc3)c2C1. The highest BCUT2D eigenvalue weighted by Crippen LogP contribution is 2.36. The summed E-state index contributed by atoms with van der Waals surface area (Å²) in [6.07, 6.45) is 0.770. The average molecular weight is 404 g/mol. The number of carbonyl (C=O) groups excluding carboxylic acids is 1. The fourth-order valence-electron chi connectivity index (χ4n) is 4.24. The predicted molar refractivity (Wildman–Crippen MR) is 117 cm³/mol. The molecule has 2 aromatic carbocycles. The van der Waals surface area contributed by atoms with Crippen LogP contribution >= 0.6 is 0 Å². The third kappa shape index (κ3) is 3.90. The van der Waals surface area contributed by atoms with Gasteiger partial charge >= 0.3 is 0 Å². The third-order valence-corrected chi connectivity index (χ3v) is 6.18. The van der Waals surface area contributed by atoms with Crippen LogP contribution in [0.4, 0.5) is 0 Å². The van der Waals surface area contributed by atoms with E-state index in [0.717, 1.165) is 30.0 Å². The van der Waals surface area contributed by atoms with Crippen LogP contribution in [-0.2, 0) is 17.8 Å². The second-order valence-corrected chi connectivity index (χ2v) is 7.97. The van der Waals surface area contributed by atoms with Crippen LogP contribution in [0.5, 0.6) is 0 Å². The van der Waals surface area contributed by atoms with Crippen LogP contribution in [0.15, 0.2) is 65.2 Å². The fourth-order valence-corrected chi connectivity index (χ4v) is 4.24. The van der Waals surface area contributed by atoms with Gasteiger partial charge in [-0.25, -0.2) is 0 Å². The lowest BCUT2D eigenvalue weighted by atomic mass is 9.85. The van der Waals surface area contributed by atoms with Gasteiger partial charge < -0.3 is 9.42 Å². The maximum atomic E-state index is 12.7. The standard InChI is InChI=1S/C25H29N3O2/c1-4-27(3)25(29)18(2)28-16-15-22-21(17-28)24(26-30-22)23(19-11-7-5-8-12-19)20-13-9-6-10-14-20/h5-14,18,23H,4,15-17H2,1-3H3. The van der Waals surface area contributed by atoms with Gasteiger partial charge in [-0.1, -0.05) is 65.8 Å². The van der Waals surface area contributed by atoms with Crippen LogP contribution in [0.3, 0.4) is 0 Å². The van der Waals surface area contributed by atoms with Crippen molar-refractivity contribution >= 4 is 5.91 Å². The van der Waals surface area contributed by atoms with Gasteiger partial charge in [0.2, 0.25) is 5.91 Å². The van der Waals surface area contributed by atoms with Crippen molar-refractivity contribution in [2.24, 2.45) is 0 Å². The maximum absolute atomic E-state index is 12.7. The quantitative estimate of drug-likeness (QED) is 0.622. The van der Waals surface area contributed by atoms with E-state index in [4.69, 9.17) is 4.52 Å². The number of fused-ring (bicyclic) bond motifs is 1. The lowest BCUT2D eigenvalue weighted by Crippen LogP contribution is -2.47. The molecule has 1 atom stereocenters. The fraction of sp³-hybridized carbons (Fsp3) is 0.360. The molecule has 3 aromatic rings. The topological polar surface area (TPSA) is 49.6 Å². The van der Waals surface area contributed by atoms with Crippen LogP contribution in [-0.4, -0.2) is 47.0 Å². The molecule has 0 bridgehead atoms. The molecule has 1 unspecified atom stereocenters. The Balaban J connectivity index is 1.70. The van der Waals surface area contributed by atoms with Crippen molar-refractivity contribution in [2.45, 2.75) is 38.8 Å². The number of amides is 1. The van der Waals surface area contributed by atoms with Gasteiger partial charge in [-0.3, -0.25) is 9.69 Å². The lowest BCUT2D eigenvalue weighted by molar-refractivity contribution is -0.135. The lowest BCUT2D eigenvalue weighted by Gasteiger charge is -2.33. The minimum atomic E-state index is -0.169. The number of hydrogen-bond acceptors (Lipinski definition) is 4. The van der Waals surface area contributed by atoms with Gasteiger partial charge in [0.1, 0.15) is 11.5 Å². The van der Waals surface area contributed by atoms with Gasteiger partial charge in [-0.15, -0.1) is 0 Å². The molecule has 1 aromatic heterocycles. The van der Waals surface area contributed by atoms with E-state index < -0.39 is 0 Å². The molecule has 2 heterocycles. The van der Waals surface area contributed by atoms with Crippen LogP contribution in [0.1, 0.15) is 47.9 Å². The number of likely N-dealkylation sites (N-methyl/N-ethyl adjacent to an activating group) is 1. The molecule has 4 rings (SSSR count). The van der Waals surface area contributed by atoms with Crippen molar-refractivity contribution in [1.82, 2.24) is 15.0 Å². The molecule has 1 aliphatic rings. The smallest absolute Gasteiger partial charge is 0.239 e. The van der Waals surface area contributed by atoms with Crippen molar-refractivity contribution in [1.29, 1.82) is 0 Å². The number of rotatable bonds is 6. The molecule has 0 saturated carbocycles. The average Bonchev–Trinajstić information content (AvgIpc) is 3.22. The molecule has 5 nitrogen and oxygen atoms in total. The van der Waals surface area contributed by atoms with E-state index in [-0.39, 0.29) is 17.9 Å². The van der Waals surface area contributed by atoms with Crippen LogP contribution in [0.25, 0.3) is 0 Å². The Kier molecular flexibility index (Phi) is 6.00. The van der Waals surface area contributed by atoms with Crippen LogP contribution in [0.2, 0.25) is 0 Å². The number of aromatic nitrogens is 1. The summed E-state index contributed by atoms with van der Waals surface area (Å²) in [7, 11) is 1.86. The second-order valence-electron chi connectivity index (χ2n) is 7.97. The molecule has 0 N–H and O–H groups in total. The molecular weight excluding hydrogens is 374 g/mol. The molecule has 0 radical (unpaired) electrons. The molecule has 156 valence electrons. The van der Waals surface area contributed by atoms with Gasteiger partial charge in [-0.05, 0) is 25.0 Å². The number of carbonyl (C=O) groups is 1. The van der Waals surface area contributed by atoms with Crippen molar-refractivity contribution in [2.75, 3.05) is 20.1 Å². The van der Waals surface area contributed by atoms with E-state index in [1.807, 2.05) is 33.0 Å². The van der Waals surface area contributed by atoms with Crippen LogP contribution in [0, 0.1) is 0 Å². The van der Waals surface area contributed by atoms with E-state index >= 15 is 0 Å². The Morgan fingerprint density at radius 1 is 1.10 bits per heavy atom. The first-order valence-electron chi connectivity index (χ1n) is 10.7. The summed E-state index contributed by atoms with van der Waals surface area (Å²) in [6.45, 7) is 6.19. The van der Waals surface area contributed by atoms with E-state index in [1.54, 1.807) is 4.90 Å². The van der Waals surface area contributed by atoms with Crippen molar-refractivity contribution in [3.8, 4) is 0 Å². The molecule has 1 amide bonds. The number of nitrogens with zero attached hydrogens (tertiary/aromatic N) is 3. The Labute approximate surface area is 178 Å². The first-order chi connectivity index (χ1) is 14.6. The monoisotopic (exact) mass is 403 g/mol. The first-order valence-corrected chi connectivity index (χ1v) is 10.7. The summed E-state index contributed by atoms with van der Waals surface area (Å²) in [5.41, 5.74) is 4.45. The third-order valence-electron chi connectivity index (χ3n) is 6.18. The minimum absolute atomic E-state index is 0.00386. The molecule has 30 heavy (non-hydrogen) atoms. The van der Waals surface area contributed by atoms with Gasteiger partial charge in [0, 0.05) is 38.7 Å². The van der Waals surface area contributed by atoms with E-state index in [2.05, 4.69) is 58.6 Å². The molecule has 0 aliphatic carbocycles. The van der Waals surface area contributed by atoms with E-state index in [1.165, 1.54) is 11.1 Å². The number of hydrogen-bond donors (Lipinski definition) is 0. The first kappa shape index (κ1) is 20.4. The van der Waals surface area contributed by atoms with Crippen LogP contribution < -0.4 is 0 Å². The Morgan fingerprint density at radius 3 is 2.27 bits per heavy atom. The van der Waals surface area contributed by atoms with Crippen molar-refractivity contribution in [3.05, 3.63) is 88.8 Å². The van der Waals surface area contributed by atoms with E-state index in [9.17, 15) is 4.79 Å². The zero-order valence-electron chi connectivity index (χ0n) is 17.9. The van der Waals surface area contributed by atoms with Gasteiger partial charge in [-0.2, -0.15) is 0 Å². The molecule has 1 aliphatic heterocycles. The molecule has 0 saturated heterocycles. The molecule has 0 spiro atoms. The maximum Gasteiger partial charge on any atom is 0.239 e. The van der Waals surface area contributed by atoms with E-state index in [0.29, 0.717) is 13.1 Å².